The van der Waals surface area contributed by atoms with Gasteiger partial charge in [0, 0.05) is 44.8 Å². The van der Waals surface area contributed by atoms with Crippen LogP contribution in [0.25, 0.3) is 0 Å². The van der Waals surface area contributed by atoms with Crippen LogP contribution < -0.4 is 9.64 Å². The fourth-order valence-electron chi connectivity index (χ4n) is 3.66. The van der Waals surface area contributed by atoms with Gasteiger partial charge in [0.2, 0.25) is 5.95 Å². The van der Waals surface area contributed by atoms with Gasteiger partial charge in [-0.05, 0) is 45.4 Å². The molecule has 1 N–H and O–H groups in total. The Kier molecular flexibility index (Phi) is 8.50. The van der Waals surface area contributed by atoms with Crippen LogP contribution in [-0.2, 0) is 11.3 Å². The molecule has 35 heavy (non-hydrogen) atoms. The van der Waals surface area contributed by atoms with Crippen molar-refractivity contribution in [3.8, 4) is 5.75 Å². The number of hydrogen-bond donors (Lipinski definition) is 1. The zero-order valence-electron chi connectivity index (χ0n) is 21.1. The number of ether oxygens (including phenoxy) is 2. The Hall–Kier alpha value is -3.40. The number of amides is 2. The van der Waals surface area contributed by atoms with Crippen molar-refractivity contribution >= 4 is 17.9 Å². The number of aliphatic hydroxyl groups excluding tert-OH is 1. The van der Waals surface area contributed by atoms with E-state index in [-0.39, 0.29) is 31.2 Å². The Labute approximate surface area is 206 Å². The molecule has 1 fully saturated rings. The minimum absolute atomic E-state index is 0.0423. The summed E-state index contributed by atoms with van der Waals surface area (Å²) < 4.78 is 11.3. The average Bonchev–Trinajstić information content (AvgIpc) is 2.82. The first-order valence-electron chi connectivity index (χ1n) is 11.7. The number of nitrogens with zero attached hydrogens (tertiary/aromatic N) is 5. The number of likely N-dealkylation sites (N-methyl/N-ethyl adjacent to an activating group) is 1. The first kappa shape index (κ1) is 26.2. The standard InChI is InChI=1S/C25H35N5O5/c1-18-16-29(24(33)35-25(2,3)4)10-11-30(18)23-26-14-21(15-27-23)34-17-19-6-8-20(9-7-19)22(32)28(5)12-13-31/h6-9,14-15,18,31H,10-13,16-17H2,1-5H3. The van der Waals surface area contributed by atoms with Gasteiger partial charge in [-0.25, -0.2) is 14.8 Å². The lowest BCUT2D eigenvalue weighted by atomic mass is 10.1. The van der Waals surface area contributed by atoms with Crippen LogP contribution >= 0.6 is 0 Å². The Morgan fingerprint density at radius 1 is 1.14 bits per heavy atom. The number of aliphatic hydroxyl groups is 1. The molecule has 1 aliphatic heterocycles. The number of benzene rings is 1. The summed E-state index contributed by atoms with van der Waals surface area (Å²) in [5.41, 5.74) is 0.938. The van der Waals surface area contributed by atoms with Crippen molar-refractivity contribution in [2.45, 2.75) is 45.9 Å². The molecule has 1 aliphatic rings. The van der Waals surface area contributed by atoms with Gasteiger partial charge in [-0.1, -0.05) is 12.1 Å². The van der Waals surface area contributed by atoms with Gasteiger partial charge in [-0.3, -0.25) is 4.79 Å². The summed E-state index contributed by atoms with van der Waals surface area (Å²) in [6.45, 7) is 9.81. The van der Waals surface area contributed by atoms with Crippen LogP contribution in [0.3, 0.4) is 0 Å². The van der Waals surface area contributed by atoms with E-state index in [2.05, 4.69) is 14.9 Å². The topological polar surface area (TPSA) is 108 Å². The lowest BCUT2D eigenvalue weighted by molar-refractivity contribution is 0.0218. The van der Waals surface area contributed by atoms with Crippen molar-refractivity contribution in [3.63, 3.8) is 0 Å². The third-order valence-corrected chi connectivity index (χ3v) is 5.54. The van der Waals surface area contributed by atoms with E-state index in [1.165, 1.54) is 4.90 Å². The van der Waals surface area contributed by atoms with E-state index < -0.39 is 5.60 Å². The van der Waals surface area contributed by atoms with Gasteiger partial charge < -0.3 is 29.3 Å². The molecule has 0 saturated carbocycles. The zero-order valence-corrected chi connectivity index (χ0v) is 21.1. The molecule has 0 spiro atoms. The Bertz CT molecular complexity index is 991. The van der Waals surface area contributed by atoms with Gasteiger partial charge in [-0.15, -0.1) is 0 Å². The van der Waals surface area contributed by atoms with Gasteiger partial charge >= 0.3 is 6.09 Å². The maximum atomic E-state index is 12.4. The number of carbonyl (C=O) groups is 2. The predicted octanol–water partition coefficient (Wildman–Crippen LogP) is 2.57. The van der Waals surface area contributed by atoms with Crippen molar-refractivity contribution in [2.75, 3.05) is 44.7 Å². The van der Waals surface area contributed by atoms with Crippen LogP contribution in [-0.4, -0.2) is 88.4 Å². The normalized spacial score (nSPS) is 16.1. The molecule has 10 heteroatoms. The molecule has 0 bridgehead atoms. The molecule has 10 nitrogen and oxygen atoms in total. The number of piperazine rings is 1. The molecule has 2 heterocycles. The van der Waals surface area contributed by atoms with Crippen molar-refractivity contribution in [1.29, 1.82) is 0 Å². The van der Waals surface area contributed by atoms with E-state index >= 15 is 0 Å². The highest BCUT2D eigenvalue weighted by Crippen LogP contribution is 2.20. The number of aromatic nitrogens is 2. The maximum Gasteiger partial charge on any atom is 0.410 e. The lowest BCUT2D eigenvalue weighted by Crippen LogP contribution is -2.55. The van der Waals surface area contributed by atoms with Crippen LogP contribution in [0.1, 0.15) is 43.6 Å². The highest BCUT2D eigenvalue weighted by molar-refractivity contribution is 5.94. The molecule has 2 amide bonds. The Morgan fingerprint density at radius 2 is 1.80 bits per heavy atom. The highest BCUT2D eigenvalue weighted by atomic mass is 16.6. The second kappa shape index (κ2) is 11.4. The average molecular weight is 486 g/mol. The smallest absolute Gasteiger partial charge is 0.410 e. The van der Waals surface area contributed by atoms with Gasteiger partial charge in [0.05, 0.1) is 19.0 Å². The minimum atomic E-state index is -0.521. The molecule has 1 aromatic heterocycles. The molecular weight excluding hydrogens is 450 g/mol. The van der Waals surface area contributed by atoms with Crippen molar-refractivity contribution < 1.29 is 24.2 Å². The van der Waals surface area contributed by atoms with Crippen LogP contribution in [0.5, 0.6) is 5.75 Å². The molecule has 2 aromatic rings. The van der Waals surface area contributed by atoms with Gasteiger partial charge in [0.25, 0.3) is 5.91 Å². The molecule has 0 radical (unpaired) electrons. The summed E-state index contributed by atoms with van der Waals surface area (Å²) in [4.78, 5) is 38.8. The van der Waals surface area contributed by atoms with Crippen LogP contribution in [0.4, 0.5) is 10.7 Å². The molecule has 190 valence electrons. The summed E-state index contributed by atoms with van der Waals surface area (Å²) in [6.07, 6.45) is 2.97. The molecule has 1 aromatic carbocycles. The summed E-state index contributed by atoms with van der Waals surface area (Å²) in [5, 5.41) is 8.98. The van der Waals surface area contributed by atoms with E-state index in [1.54, 1.807) is 36.5 Å². The third kappa shape index (κ3) is 7.29. The quantitative estimate of drug-likeness (QED) is 0.638. The maximum absolute atomic E-state index is 12.4. The predicted molar refractivity (Wildman–Crippen MR) is 131 cm³/mol. The number of carbonyl (C=O) groups excluding carboxylic acids is 2. The number of rotatable bonds is 7. The SMILES string of the molecule is CC1CN(C(=O)OC(C)(C)C)CCN1c1ncc(OCc2ccc(C(=O)N(C)CCO)cc2)cn1. The Balaban J connectivity index is 1.51. The van der Waals surface area contributed by atoms with Crippen LogP contribution in [0.15, 0.2) is 36.7 Å². The monoisotopic (exact) mass is 485 g/mol. The van der Waals surface area contributed by atoms with E-state index in [1.807, 2.05) is 39.8 Å². The first-order chi connectivity index (χ1) is 16.6. The lowest BCUT2D eigenvalue weighted by Gasteiger charge is -2.40. The second-order valence-electron chi connectivity index (χ2n) is 9.62. The largest absolute Gasteiger partial charge is 0.486 e. The van der Waals surface area contributed by atoms with E-state index in [0.29, 0.717) is 43.5 Å². The van der Waals surface area contributed by atoms with Crippen molar-refractivity contribution in [2.24, 2.45) is 0 Å². The first-order valence-corrected chi connectivity index (χ1v) is 11.7. The molecule has 1 saturated heterocycles. The van der Waals surface area contributed by atoms with Gasteiger partial charge in [0.15, 0.2) is 5.75 Å². The molecular formula is C25H35N5O5. The second-order valence-corrected chi connectivity index (χ2v) is 9.62. The summed E-state index contributed by atoms with van der Waals surface area (Å²) >= 11 is 0. The molecule has 0 aliphatic carbocycles. The fourth-order valence-corrected chi connectivity index (χ4v) is 3.66. The summed E-state index contributed by atoms with van der Waals surface area (Å²) in [7, 11) is 1.65. The van der Waals surface area contributed by atoms with Crippen LogP contribution in [0.2, 0.25) is 0 Å². The van der Waals surface area contributed by atoms with Crippen molar-refractivity contribution in [3.05, 3.63) is 47.8 Å². The summed E-state index contributed by atoms with van der Waals surface area (Å²) in [5.74, 6) is 0.983. The van der Waals surface area contributed by atoms with E-state index in [4.69, 9.17) is 14.6 Å². The van der Waals surface area contributed by atoms with E-state index in [0.717, 1.165) is 5.56 Å². The minimum Gasteiger partial charge on any atom is -0.486 e. The number of hydrogen-bond acceptors (Lipinski definition) is 8. The Morgan fingerprint density at radius 3 is 2.37 bits per heavy atom. The third-order valence-electron chi connectivity index (χ3n) is 5.54. The van der Waals surface area contributed by atoms with E-state index in [9.17, 15) is 9.59 Å². The zero-order chi connectivity index (χ0) is 25.6. The summed E-state index contributed by atoms with van der Waals surface area (Å²) in [6, 6.07) is 7.20. The van der Waals surface area contributed by atoms with Gasteiger partial charge in [-0.2, -0.15) is 0 Å². The molecule has 1 unspecified atom stereocenters. The molecule has 3 rings (SSSR count). The number of anilines is 1. The van der Waals surface area contributed by atoms with Crippen LogP contribution in [0, 0.1) is 0 Å². The molecule has 1 atom stereocenters. The highest BCUT2D eigenvalue weighted by Gasteiger charge is 2.30. The fraction of sp³-hybridized carbons (Fsp3) is 0.520. The van der Waals surface area contributed by atoms with Gasteiger partial charge in [0.1, 0.15) is 12.2 Å². The van der Waals surface area contributed by atoms with Crippen molar-refractivity contribution in [1.82, 2.24) is 19.8 Å².